The molecule has 7 nitrogen and oxygen atoms in total. The molecule has 2 heterocycles. The number of fused-ring (bicyclic) bond motifs is 1. The van der Waals surface area contributed by atoms with Gasteiger partial charge in [-0.25, -0.2) is 9.55 Å². The maximum Gasteiger partial charge on any atom is 0.317 e. The molecule has 6 rings (SSSR count). The van der Waals surface area contributed by atoms with Crippen molar-refractivity contribution in [3.05, 3.63) is 120 Å². The van der Waals surface area contributed by atoms with Crippen molar-refractivity contribution in [1.29, 1.82) is 0 Å². The van der Waals surface area contributed by atoms with E-state index in [9.17, 15) is 9.59 Å². The van der Waals surface area contributed by atoms with Gasteiger partial charge in [0.05, 0.1) is 5.75 Å². The van der Waals surface area contributed by atoms with Crippen LogP contribution in [0.3, 0.4) is 0 Å². The Balaban J connectivity index is 1.04. The second-order valence-electron chi connectivity index (χ2n) is 10.5. The number of carbonyl (C=O) groups is 2. The number of carbonyl (C=O) groups excluding carboxylic acids is 2. The summed E-state index contributed by atoms with van der Waals surface area (Å²) < 4.78 is 2.23. The molecule has 0 bridgehead atoms. The van der Waals surface area contributed by atoms with E-state index in [4.69, 9.17) is 0 Å². The quantitative estimate of drug-likeness (QED) is 0.189. The monoisotopic (exact) mass is 576 g/mol. The Kier molecular flexibility index (Phi) is 8.23. The summed E-state index contributed by atoms with van der Waals surface area (Å²) in [5.74, 6) is 0.336. The van der Waals surface area contributed by atoms with Gasteiger partial charge in [0, 0.05) is 43.1 Å². The molecule has 8 heteroatoms. The third-order valence-corrected chi connectivity index (χ3v) is 8.67. The zero-order valence-corrected chi connectivity index (χ0v) is 24.4. The van der Waals surface area contributed by atoms with Gasteiger partial charge in [0.2, 0.25) is 5.91 Å². The number of aromatic nitrogens is 2. The average molecular weight is 577 g/mol. The highest BCUT2D eigenvalue weighted by Crippen LogP contribution is 2.22. The van der Waals surface area contributed by atoms with Crippen molar-refractivity contribution in [3.8, 4) is 0 Å². The summed E-state index contributed by atoms with van der Waals surface area (Å²) in [4.78, 5) is 33.6. The fourth-order valence-electron chi connectivity index (χ4n) is 5.38. The number of para-hydroxylation sites is 2. The van der Waals surface area contributed by atoms with E-state index >= 15 is 0 Å². The van der Waals surface area contributed by atoms with Crippen LogP contribution < -0.4 is 14.8 Å². The minimum atomic E-state index is -0.0546. The Hall–Kier alpha value is -4.56. The molecule has 0 aliphatic carbocycles. The molecular formula is C34H34N5O2S+. The molecule has 212 valence electrons. The van der Waals surface area contributed by atoms with Crippen LogP contribution in [0.2, 0.25) is 0 Å². The summed E-state index contributed by atoms with van der Waals surface area (Å²) in [7, 11) is 0. The summed E-state index contributed by atoms with van der Waals surface area (Å²) >= 11 is 1.50. The van der Waals surface area contributed by atoms with Gasteiger partial charge in [0.25, 0.3) is 5.91 Å². The minimum Gasteiger partial charge on any atom is -0.368 e. The van der Waals surface area contributed by atoms with Crippen LogP contribution in [0.4, 0.5) is 11.4 Å². The molecule has 0 atom stereocenters. The van der Waals surface area contributed by atoms with Crippen LogP contribution in [0.1, 0.15) is 21.5 Å². The molecule has 0 unspecified atom stereocenters. The molecule has 0 radical (unpaired) electrons. The summed E-state index contributed by atoms with van der Waals surface area (Å²) in [6.45, 7) is 5.61. The van der Waals surface area contributed by atoms with Gasteiger partial charge < -0.3 is 15.1 Å². The Morgan fingerprint density at radius 2 is 1.52 bits per heavy atom. The molecule has 42 heavy (non-hydrogen) atoms. The first-order chi connectivity index (χ1) is 20.5. The number of piperazine rings is 1. The van der Waals surface area contributed by atoms with Gasteiger partial charge in [0.15, 0.2) is 11.0 Å². The van der Waals surface area contributed by atoms with Crippen LogP contribution in [0.15, 0.2) is 108 Å². The Labute approximate surface area is 250 Å². The average Bonchev–Trinajstić information content (AvgIpc) is 3.38. The highest BCUT2D eigenvalue weighted by atomic mass is 32.2. The standard InChI is InChI=1S/C34H33N5O2S/c1-25-9-5-6-12-29(25)33(41)38-21-19-37(20-22-38)28-17-15-27(16-18-28)35-32(40)24-42-34-36-30-13-7-8-14-31(30)39(34)23-26-10-3-2-4-11-26/h2-18H,19-24H2,1H3,(H,35,40)/p+1. The van der Waals surface area contributed by atoms with Crippen LogP contribution in [0.5, 0.6) is 0 Å². The summed E-state index contributed by atoms with van der Waals surface area (Å²) in [5, 5.41) is 3.99. The van der Waals surface area contributed by atoms with E-state index in [-0.39, 0.29) is 11.8 Å². The Morgan fingerprint density at radius 3 is 2.29 bits per heavy atom. The maximum absolute atomic E-state index is 13.0. The van der Waals surface area contributed by atoms with E-state index in [2.05, 4.69) is 44.0 Å². The minimum absolute atomic E-state index is 0.0546. The number of imidazole rings is 1. The van der Waals surface area contributed by atoms with E-state index < -0.39 is 0 Å². The molecule has 5 aromatic rings. The number of aromatic amines is 1. The molecule has 1 aliphatic heterocycles. The maximum atomic E-state index is 13.0. The third-order valence-electron chi connectivity index (χ3n) is 7.66. The Bertz CT molecular complexity index is 1690. The first-order valence-electron chi connectivity index (χ1n) is 14.2. The third kappa shape index (κ3) is 6.19. The second kappa shape index (κ2) is 12.5. The van der Waals surface area contributed by atoms with Crippen LogP contribution in [0, 0.1) is 6.92 Å². The SMILES string of the molecule is Cc1ccccc1C(=O)N1CCN(c2ccc(NC(=O)CSc3[nH]c4ccccc4[n+]3Cc3ccccc3)cc2)CC1. The molecule has 2 N–H and O–H groups in total. The number of nitrogens with one attached hydrogen (secondary N) is 2. The first-order valence-corrected chi connectivity index (χ1v) is 15.2. The van der Waals surface area contributed by atoms with Crippen molar-refractivity contribution in [1.82, 2.24) is 9.88 Å². The highest BCUT2D eigenvalue weighted by Gasteiger charge is 2.24. The number of aryl methyl sites for hydroxylation is 1. The zero-order chi connectivity index (χ0) is 28.9. The Morgan fingerprint density at radius 1 is 0.833 bits per heavy atom. The molecule has 1 fully saturated rings. The molecule has 1 saturated heterocycles. The van der Waals surface area contributed by atoms with Crippen LogP contribution in [-0.4, -0.2) is 53.6 Å². The number of H-pyrrole nitrogens is 1. The molecular weight excluding hydrogens is 542 g/mol. The van der Waals surface area contributed by atoms with Gasteiger partial charge in [0.1, 0.15) is 6.54 Å². The lowest BCUT2D eigenvalue weighted by Crippen LogP contribution is -2.48. The number of thioether (sulfide) groups is 1. The fourth-order valence-corrected chi connectivity index (χ4v) is 6.22. The zero-order valence-electron chi connectivity index (χ0n) is 23.6. The number of anilines is 2. The van der Waals surface area contributed by atoms with E-state index in [1.165, 1.54) is 17.3 Å². The molecule has 2 amide bonds. The largest absolute Gasteiger partial charge is 0.368 e. The van der Waals surface area contributed by atoms with Crippen LogP contribution in [-0.2, 0) is 11.3 Å². The van der Waals surface area contributed by atoms with Crippen molar-refractivity contribution in [3.63, 3.8) is 0 Å². The van der Waals surface area contributed by atoms with E-state index in [1.54, 1.807) is 0 Å². The van der Waals surface area contributed by atoms with Crippen molar-refractivity contribution < 1.29 is 14.2 Å². The second-order valence-corrected chi connectivity index (χ2v) is 11.5. The van der Waals surface area contributed by atoms with Crippen molar-refractivity contribution in [2.45, 2.75) is 18.6 Å². The lowest BCUT2D eigenvalue weighted by atomic mass is 10.1. The van der Waals surface area contributed by atoms with Gasteiger partial charge in [-0.1, -0.05) is 60.7 Å². The topological polar surface area (TPSA) is 72.3 Å². The lowest BCUT2D eigenvalue weighted by molar-refractivity contribution is -0.700. The van der Waals surface area contributed by atoms with Crippen molar-refractivity contribution >= 4 is 46.0 Å². The predicted octanol–water partition coefficient (Wildman–Crippen LogP) is 5.51. The van der Waals surface area contributed by atoms with Crippen molar-refractivity contribution in [2.75, 3.05) is 42.1 Å². The highest BCUT2D eigenvalue weighted by molar-refractivity contribution is 7.99. The molecule has 1 aromatic heterocycles. The van der Waals surface area contributed by atoms with Crippen LogP contribution >= 0.6 is 11.8 Å². The van der Waals surface area contributed by atoms with E-state index in [1.807, 2.05) is 90.7 Å². The van der Waals surface area contributed by atoms with Gasteiger partial charge in [-0.3, -0.25) is 9.59 Å². The smallest absolute Gasteiger partial charge is 0.317 e. The number of amides is 2. The van der Waals surface area contributed by atoms with Gasteiger partial charge >= 0.3 is 5.16 Å². The first kappa shape index (κ1) is 27.6. The molecule has 0 saturated carbocycles. The summed E-state index contributed by atoms with van der Waals surface area (Å²) in [5.41, 5.74) is 7.01. The number of benzene rings is 4. The van der Waals surface area contributed by atoms with Crippen molar-refractivity contribution in [2.24, 2.45) is 0 Å². The number of nitrogens with zero attached hydrogens (tertiary/aromatic N) is 3. The molecule has 1 aliphatic rings. The van der Waals surface area contributed by atoms with E-state index in [0.717, 1.165) is 58.3 Å². The number of hydrogen-bond donors (Lipinski definition) is 2. The molecule has 0 spiro atoms. The van der Waals surface area contributed by atoms with Gasteiger partial charge in [-0.2, -0.15) is 0 Å². The lowest BCUT2D eigenvalue weighted by Gasteiger charge is -2.36. The van der Waals surface area contributed by atoms with E-state index in [0.29, 0.717) is 18.8 Å². The summed E-state index contributed by atoms with van der Waals surface area (Å²) in [6, 6.07) is 34.3. The number of rotatable bonds is 8. The fraction of sp³-hybridized carbons (Fsp3) is 0.206. The predicted molar refractivity (Wildman–Crippen MR) is 169 cm³/mol. The van der Waals surface area contributed by atoms with Crippen LogP contribution in [0.25, 0.3) is 11.0 Å². The van der Waals surface area contributed by atoms with Gasteiger partial charge in [-0.05, 0) is 72.3 Å². The normalized spacial score (nSPS) is 13.4. The molecule has 4 aromatic carbocycles. The van der Waals surface area contributed by atoms with Gasteiger partial charge in [-0.15, -0.1) is 0 Å². The summed E-state index contributed by atoms with van der Waals surface area (Å²) in [6.07, 6.45) is 0. The number of hydrogen-bond acceptors (Lipinski definition) is 4.